The van der Waals surface area contributed by atoms with Gasteiger partial charge in [-0.05, 0) is 12.8 Å². The molecule has 1 N–H and O–H groups in total. The zero-order valence-corrected chi connectivity index (χ0v) is 12.0. The van der Waals surface area contributed by atoms with E-state index in [-0.39, 0.29) is 12.5 Å². The van der Waals surface area contributed by atoms with Crippen LogP contribution < -0.4 is 5.32 Å². The van der Waals surface area contributed by atoms with Crippen LogP contribution in [0.15, 0.2) is 24.9 Å². The topological polar surface area (TPSA) is 72.7 Å². The minimum atomic E-state index is -4.33. The molecule has 23 heavy (non-hydrogen) atoms. The van der Waals surface area contributed by atoms with Crippen molar-refractivity contribution in [2.24, 2.45) is 0 Å². The number of nitrogens with one attached hydrogen (secondary N) is 1. The lowest BCUT2D eigenvalue weighted by atomic mass is 10.1. The fourth-order valence-electron chi connectivity index (χ4n) is 2.24. The summed E-state index contributed by atoms with van der Waals surface area (Å²) in [5.41, 5.74) is 1.63. The van der Waals surface area contributed by atoms with Gasteiger partial charge >= 0.3 is 6.18 Å². The van der Waals surface area contributed by atoms with Crippen molar-refractivity contribution in [3.8, 4) is 0 Å². The molecular formula is C14H14F3N5O. The largest absolute Gasteiger partial charge is 0.408 e. The quantitative estimate of drug-likeness (QED) is 0.913. The molecule has 2 aromatic heterocycles. The molecule has 0 saturated heterocycles. The summed E-state index contributed by atoms with van der Waals surface area (Å²) in [5.74, 6) is -0.0376. The Morgan fingerprint density at radius 1 is 1.35 bits per heavy atom. The van der Waals surface area contributed by atoms with Gasteiger partial charge in [0.05, 0.1) is 17.5 Å². The van der Waals surface area contributed by atoms with E-state index in [9.17, 15) is 18.0 Å². The molecule has 0 spiro atoms. The molecule has 122 valence electrons. The molecule has 2 aromatic rings. The molecule has 0 unspecified atom stereocenters. The van der Waals surface area contributed by atoms with Gasteiger partial charge in [0.1, 0.15) is 12.9 Å². The summed E-state index contributed by atoms with van der Waals surface area (Å²) in [6, 6.07) is 0. The third-order valence-electron chi connectivity index (χ3n) is 3.43. The van der Waals surface area contributed by atoms with Crippen LogP contribution in [0.4, 0.5) is 13.2 Å². The highest BCUT2D eigenvalue weighted by molar-refractivity contribution is 5.95. The Kier molecular flexibility index (Phi) is 4.01. The van der Waals surface area contributed by atoms with Crippen LogP contribution in [0, 0.1) is 0 Å². The van der Waals surface area contributed by atoms with E-state index in [2.05, 4.69) is 20.4 Å². The van der Waals surface area contributed by atoms with Crippen molar-refractivity contribution in [2.45, 2.75) is 38.0 Å². The first-order valence-electron chi connectivity index (χ1n) is 7.08. The summed E-state index contributed by atoms with van der Waals surface area (Å²) >= 11 is 0. The highest BCUT2D eigenvalue weighted by atomic mass is 19.4. The molecule has 0 radical (unpaired) electrons. The monoisotopic (exact) mass is 325 g/mol. The Labute approximate surface area is 129 Å². The van der Waals surface area contributed by atoms with E-state index < -0.39 is 12.7 Å². The number of alkyl halides is 3. The SMILES string of the molecule is O=C(NCc1cnn(CC(F)(F)F)c1)c1cncnc1C1CC1. The first kappa shape index (κ1) is 15.4. The molecule has 0 bridgehead atoms. The first-order valence-corrected chi connectivity index (χ1v) is 7.08. The molecule has 0 aliphatic heterocycles. The number of nitrogens with zero attached hydrogens (tertiary/aromatic N) is 4. The summed E-state index contributed by atoms with van der Waals surface area (Å²) < 4.78 is 37.6. The number of halogens is 3. The van der Waals surface area contributed by atoms with Crippen LogP contribution in [0.2, 0.25) is 0 Å². The van der Waals surface area contributed by atoms with E-state index >= 15 is 0 Å². The maximum absolute atomic E-state index is 12.3. The number of aromatic nitrogens is 4. The predicted molar refractivity (Wildman–Crippen MR) is 73.5 cm³/mol. The molecule has 3 rings (SSSR count). The second kappa shape index (κ2) is 5.98. The molecular weight excluding hydrogens is 311 g/mol. The molecule has 1 fully saturated rings. The zero-order valence-electron chi connectivity index (χ0n) is 12.0. The lowest BCUT2D eigenvalue weighted by Gasteiger charge is -2.07. The average molecular weight is 325 g/mol. The van der Waals surface area contributed by atoms with Gasteiger partial charge in [-0.25, -0.2) is 9.97 Å². The summed E-state index contributed by atoms with van der Waals surface area (Å²) in [5, 5.41) is 6.29. The number of carbonyl (C=O) groups excluding carboxylic acids is 1. The fraction of sp³-hybridized carbons (Fsp3) is 0.429. The Balaban J connectivity index is 1.61. The van der Waals surface area contributed by atoms with E-state index in [0.717, 1.165) is 23.2 Å². The molecule has 9 heteroatoms. The van der Waals surface area contributed by atoms with Gasteiger partial charge in [-0.15, -0.1) is 0 Å². The van der Waals surface area contributed by atoms with Crippen LogP contribution >= 0.6 is 0 Å². The van der Waals surface area contributed by atoms with Crippen molar-refractivity contribution < 1.29 is 18.0 Å². The summed E-state index contributed by atoms with van der Waals surface area (Å²) in [4.78, 5) is 20.2. The molecule has 2 heterocycles. The molecule has 0 atom stereocenters. The number of hydrogen-bond acceptors (Lipinski definition) is 4. The fourth-order valence-corrected chi connectivity index (χ4v) is 2.24. The average Bonchev–Trinajstić information content (AvgIpc) is 3.25. The molecule has 6 nitrogen and oxygen atoms in total. The molecule has 0 aromatic carbocycles. The summed E-state index contributed by atoms with van der Waals surface area (Å²) in [6.07, 6.45) is 3.11. The highest BCUT2D eigenvalue weighted by Crippen LogP contribution is 2.40. The summed E-state index contributed by atoms with van der Waals surface area (Å²) in [7, 11) is 0. The Morgan fingerprint density at radius 3 is 2.83 bits per heavy atom. The van der Waals surface area contributed by atoms with E-state index in [0.29, 0.717) is 17.0 Å². The van der Waals surface area contributed by atoms with Crippen LogP contribution in [0.5, 0.6) is 0 Å². The minimum absolute atomic E-state index is 0.0929. The van der Waals surface area contributed by atoms with Gasteiger partial charge in [-0.2, -0.15) is 18.3 Å². The maximum atomic E-state index is 12.3. The van der Waals surface area contributed by atoms with Gasteiger partial charge in [0.25, 0.3) is 5.91 Å². The lowest BCUT2D eigenvalue weighted by Crippen LogP contribution is -2.24. The number of amides is 1. The third kappa shape index (κ3) is 4.05. The van der Waals surface area contributed by atoms with E-state index in [1.54, 1.807) is 0 Å². The maximum Gasteiger partial charge on any atom is 0.408 e. The van der Waals surface area contributed by atoms with Crippen LogP contribution in [0.1, 0.15) is 40.4 Å². The van der Waals surface area contributed by atoms with E-state index in [1.165, 1.54) is 24.9 Å². The van der Waals surface area contributed by atoms with E-state index in [1.807, 2.05) is 0 Å². The van der Waals surface area contributed by atoms with Crippen molar-refractivity contribution in [3.63, 3.8) is 0 Å². The first-order chi connectivity index (χ1) is 10.9. The van der Waals surface area contributed by atoms with Gasteiger partial charge in [0.2, 0.25) is 0 Å². The van der Waals surface area contributed by atoms with Gasteiger partial charge in [-0.3, -0.25) is 9.48 Å². The third-order valence-corrected chi connectivity index (χ3v) is 3.43. The molecule has 1 amide bonds. The second-order valence-electron chi connectivity index (χ2n) is 5.44. The van der Waals surface area contributed by atoms with Crippen molar-refractivity contribution in [2.75, 3.05) is 0 Å². The molecule has 1 aliphatic rings. The Hall–Kier alpha value is -2.45. The lowest BCUT2D eigenvalue weighted by molar-refractivity contribution is -0.142. The molecule has 1 saturated carbocycles. The van der Waals surface area contributed by atoms with Gasteiger partial charge in [0.15, 0.2) is 0 Å². The number of rotatable bonds is 5. The predicted octanol–water partition coefficient (Wildman–Crippen LogP) is 2.04. The van der Waals surface area contributed by atoms with E-state index in [4.69, 9.17) is 0 Å². The second-order valence-corrected chi connectivity index (χ2v) is 5.44. The van der Waals surface area contributed by atoms with Gasteiger partial charge in [0, 0.05) is 30.4 Å². The van der Waals surface area contributed by atoms with Gasteiger partial charge in [-0.1, -0.05) is 0 Å². The van der Waals surface area contributed by atoms with Crippen LogP contribution in [-0.2, 0) is 13.1 Å². The van der Waals surface area contributed by atoms with Crippen molar-refractivity contribution in [3.05, 3.63) is 41.7 Å². The Morgan fingerprint density at radius 2 is 2.13 bits per heavy atom. The van der Waals surface area contributed by atoms with Crippen molar-refractivity contribution in [1.29, 1.82) is 0 Å². The van der Waals surface area contributed by atoms with Gasteiger partial charge < -0.3 is 5.32 Å². The minimum Gasteiger partial charge on any atom is -0.348 e. The van der Waals surface area contributed by atoms with Crippen molar-refractivity contribution >= 4 is 5.91 Å². The molecule has 1 aliphatic carbocycles. The number of carbonyl (C=O) groups is 1. The van der Waals surface area contributed by atoms with Crippen LogP contribution in [0.25, 0.3) is 0 Å². The summed E-state index contributed by atoms with van der Waals surface area (Å²) in [6.45, 7) is -1.06. The highest BCUT2D eigenvalue weighted by Gasteiger charge is 2.30. The normalized spacial score (nSPS) is 14.7. The standard InChI is InChI=1S/C14H14F3N5O/c15-14(16,17)7-22-6-9(4-21-22)3-19-13(23)11-5-18-8-20-12(11)10-1-2-10/h4-6,8,10H,1-3,7H2,(H,19,23). The van der Waals surface area contributed by atoms with Crippen molar-refractivity contribution in [1.82, 2.24) is 25.1 Å². The smallest absolute Gasteiger partial charge is 0.348 e. The van der Waals surface area contributed by atoms with Crippen LogP contribution in [-0.4, -0.2) is 31.8 Å². The zero-order chi connectivity index (χ0) is 16.4. The number of hydrogen-bond donors (Lipinski definition) is 1. The van der Waals surface area contributed by atoms with Crippen LogP contribution in [0.3, 0.4) is 0 Å². The Bertz CT molecular complexity index is 708.